The molecule has 0 saturated heterocycles. The van der Waals surface area contributed by atoms with Crippen LogP contribution >= 0.6 is 0 Å². The van der Waals surface area contributed by atoms with E-state index in [1.54, 1.807) is 24.3 Å². The lowest BCUT2D eigenvalue weighted by atomic mass is 10.3. The third-order valence-electron chi connectivity index (χ3n) is 3.58. The first kappa shape index (κ1) is 16.6. The van der Waals surface area contributed by atoms with Gasteiger partial charge in [-0.2, -0.15) is 0 Å². The molecule has 9 heteroatoms. The van der Waals surface area contributed by atoms with Crippen molar-refractivity contribution in [3.05, 3.63) is 54.9 Å². The van der Waals surface area contributed by atoms with E-state index in [1.807, 2.05) is 0 Å². The van der Waals surface area contributed by atoms with Crippen molar-refractivity contribution in [3.8, 4) is 0 Å². The number of imidazole rings is 1. The lowest BCUT2D eigenvalue weighted by Crippen LogP contribution is -2.22. The SMILES string of the molecule is CN(C)S(=O)(=O)c1ccc(S(=O)(=O)n2cnc3ccccc32)cc1. The Morgan fingerprint density at radius 3 is 2.08 bits per heavy atom. The number of rotatable bonds is 4. The second kappa shape index (κ2) is 5.69. The smallest absolute Gasteiger partial charge is 0.236 e. The molecular weight excluding hydrogens is 350 g/mol. The number of hydrogen-bond acceptors (Lipinski definition) is 5. The zero-order valence-electron chi connectivity index (χ0n) is 13.0. The van der Waals surface area contributed by atoms with Crippen molar-refractivity contribution in [2.45, 2.75) is 9.79 Å². The summed E-state index contributed by atoms with van der Waals surface area (Å²) in [4.78, 5) is 4.09. The molecule has 0 unspecified atom stereocenters. The summed E-state index contributed by atoms with van der Waals surface area (Å²) in [5.74, 6) is 0. The van der Waals surface area contributed by atoms with Gasteiger partial charge in [-0.3, -0.25) is 0 Å². The van der Waals surface area contributed by atoms with Gasteiger partial charge in [-0.25, -0.2) is 30.1 Å². The van der Waals surface area contributed by atoms with Crippen LogP contribution in [-0.2, 0) is 20.0 Å². The maximum atomic E-state index is 12.8. The van der Waals surface area contributed by atoms with E-state index in [2.05, 4.69) is 4.98 Å². The van der Waals surface area contributed by atoms with Crippen LogP contribution in [0.2, 0.25) is 0 Å². The van der Waals surface area contributed by atoms with Gasteiger partial charge in [0.25, 0.3) is 10.0 Å². The van der Waals surface area contributed by atoms with Gasteiger partial charge < -0.3 is 0 Å². The molecule has 24 heavy (non-hydrogen) atoms. The summed E-state index contributed by atoms with van der Waals surface area (Å²) in [5, 5.41) is 0. The van der Waals surface area contributed by atoms with E-state index in [-0.39, 0.29) is 9.79 Å². The third kappa shape index (κ3) is 2.60. The summed E-state index contributed by atoms with van der Waals surface area (Å²) in [5.41, 5.74) is 1.02. The highest BCUT2D eigenvalue weighted by atomic mass is 32.2. The Bertz CT molecular complexity index is 1100. The van der Waals surface area contributed by atoms with E-state index in [1.165, 1.54) is 44.7 Å². The Kier molecular flexibility index (Phi) is 3.94. The monoisotopic (exact) mass is 365 g/mol. The normalized spacial score (nSPS) is 12.8. The molecule has 0 spiro atoms. The van der Waals surface area contributed by atoms with Gasteiger partial charge in [0.15, 0.2) is 0 Å². The van der Waals surface area contributed by atoms with Gasteiger partial charge in [-0.15, -0.1) is 0 Å². The number of aromatic nitrogens is 2. The Balaban J connectivity index is 2.08. The lowest BCUT2D eigenvalue weighted by Gasteiger charge is -2.12. The molecular formula is C15H15N3O4S2. The van der Waals surface area contributed by atoms with Crippen molar-refractivity contribution in [1.29, 1.82) is 0 Å². The summed E-state index contributed by atoms with van der Waals surface area (Å²) in [7, 11) is -4.64. The molecule has 0 aliphatic carbocycles. The van der Waals surface area contributed by atoms with Crippen molar-refractivity contribution in [2.24, 2.45) is 0 Å². The van der Waals surface area contributed by atoms with Crippen LogP contribution in [0.5, 0.6) is 0 Å². The zero-order valence-corrected chi connectivity index (χ0v) is 14.6. The summed E-state index contributed by atoms with van der Waals surface area (Å²) in [6, 6.07) is 12.0. The number of fused-ring (bicyclic) bond motifs is 1. The molecule has 0 fully saturated rings. The highest BCUT2D eigenvalue weighted by Crippen LogP contribution is 2.22. The second-order valence-corrected chi connectivity index (χ2v) is 9.26. The van der Waals surface area contributed by atoms with Crippen molar-refractivity contribution in [3.63, 3.8) is 0 Å². The molecule has 0 aliphatic rings. The molecule has 126 valence electrons. The molecule has 3 aromatic rings. The maximum absolute atomic E-state index is 12.8. The van der Waals surface area contributed by atoms with Crippen LogP contribution in [0.3, 0.4) is 0 Å². The van der Waals surface area contributed by atoms with Crippen molar-refractivity contribution in [1.82, 2.24) is 13.3 Å². The molecule has 0 bridgehead atoms. The second-order valence-electron chi connectivity index (χ2n) is 5.29. The fourth-order valence-electron chi connectivity index (χ4n) is 2.24. The molecule has 0 aliphatic heterocycles. The first-order valence-electron chi connectivity index (χ1n) is 6.95. The average molecular weight is 365 g/mol. The van der Waals surface area contributed by atoms with E-state index in [0.717, 1.165) is 8.28 Å². The molecule has 2 aromatic carbocycles. The molecule has 7 nitrogen and oxygen atoms in total. The van der Waals surface area contributed by atoms with Crippen LogP contribution < -0.4 is 0 Å². The zero-order chi connectivity index (χ0) is 17.5. The first-order valence-corrected chi connectivity index (χ1v) is 9.83. The number of hydrogen-bond donors (Lipinski definition) is 0. The van der Waals surface area contributed by atoms with Gasteiger partial charge >= 0.3 is 0 Å². The molecule has 1 heterocycles. The van der Waals surface area contributed by atoms with Crippen LogP contribution in [0, 0.1) is 0 Å². The van der Waals surface area contributed by atoms with Gasteiger partial charge in [0, 0.05) is 14.1 Å². The minimum atomic E-state index is -3.86. The predicted octanol–water partition coefficient (Wildman–Crippen LogP) is 1.52. The topological polar surface area (TPSA) is 89.3 Å². The lowest BCUT2D eigenvalue weighted by molar-refractivity contribution is 0.520. The largest absolute Gasteiger partial charge is 0.269 e. The van der Waals surface area contributed by atoms with Crippen molar-refractivity contribution >= 4 is 31.1 Å². The van der Waals surface area contributed by atoms with Crippen molar-refractivity contribution < 1.29 is 16.8 Å². The average Bonchev–Trinajstić information content (AvgIpc) is 2.99. The van der Waals surface area contributed by atoms with Crippen LogP contribution in [0.15, 0.2) is 64.6 Å². The molecule has 0 atom stereocenters. The molecule has 0 radical (unpaired) electrons. The van der Waals surface area contributed by atoms with Crippen LogP contribution in [0.25, 0.3) is 11.0 Å². The molecule has 0 amide bonds. The summed E-state index contributed by atoms with van der Waals surface area (Å²) >= 11 is 0. The number of nitrogens with zero attached hydrogens (tertiary/aromatic N) is 3. The molecule has 0 saturated carbocycles. The van der Waals surface area contributed by atoms with E-state index < -0.39 is 20.0 Å². The van der Waals surface area contributed by atoms with E-state index in [9.17, 15) is 16.8 Å². The Labute approximate surface area is 140 Å². The highest BCUT2D eigenvalue weighted by molar-refractivity contribution is 7.90. The van der Waals surface area contributed by atoms with Gasteiger partial charge in [0.05, 0.1) is 20.8 Å². The molecule has 1 aromatic heterocycles. The van der Waals surface area contributed by atoms with Gasteiger partial charge in [-0.1, -0.05) is 12.1 Å². The number of sulfonamides is 1. The number of para-hydroxylation sites is 2. The Hall–Kier alpha value is -2.23. The first-order chi connectivity index (χ1) is 11.2. The van der Waals surface area contributed by atoms with Crippen molar-refractivity contribution in [2.75, 3.05) is 14.1 Å². The summed E-state index contributed by atoms with van der Waals surface area (Å²) in [6.07, 6.45) is 1.24. The molecule has 0 N–H and O–H groups in total. The highest BCUT2D eigenvalue weighted by Gasteiger charge is 2.22. The van der Waals surface area contributed by atoms with E-state index >= 15 is 0 Å². The van der Waals surface area contributed by atoms with E-state index in [0.29, 0.717) is 11.0 Å². The minimum absolute atomic E-state index is 0.0108. The number of benzene rings is 2. The summed E-state index contributed by atoms with van der Waals surface area (Å²) in [6.45, 7) is 0. The maximum Gasteiger partial charge on any atom is 0.269 e. The summed E-state index contributed by atoms with van der Waals surface area (Å²) < 4.78 is 51.8. The minimum Gasteiger partial charge on any atom is -0.236 e. The van der Waals surface area contributed by atoms with Gasteiger partial charge in [0.1, 0.15) is 6.33 Å². The van der Waals surface area contributed by atoms with Gasteiger partial charge in [-0.05, 0) is 36.4 Å². The van der Waals surface area contributed by atoms with Crippen LogP contribution in [-0.4, -0.2) is 44.2 Å². The van der Waals surface area contributed by atoms with Crippen LogP contribution in [0.4, 0.5) is 0 Å². The standard InChI is InChI=1S/C15H15N3O4S2/c1-17(2)23(19,20)12-7-9-13(10-8-12)24(21,22)18-11-16-14-5-3-4-6-15(14)18/h3-11H,1-2H3. The van der Waals surface area contributed by atoms with E-state index in [4.69, 9.17) is 0 Å². The quantitative estimate of drug-likeness (QED) is 0.699. The molecule has 3 rings (SSSR count). The fraction of sp³-hybridized carbons (Fsp3) is 0.133. The van der Waals surface area contributed by atoms with Gasteiger partial charge in [0.2, 0.25) is 10.0 Å². The fourth-order valence-corrected chi connectivity index (χ4v) is 4.43. The predicted molar refractivity (Wildman–Crippen MR) is 89.6 cm³/mol. The Morgan fingerprint density at radius 2 is 1.46 bits per heavy atom. The van der Waals surface area contributed by atoms with Crippen LogP contribution in [0.1, 0.15) is 0 Å². The third-order valence-corrected chi connectivity index (χ3v) is 7.09. The Morgan fingerprint density at radius 1 is 0.875 bits per heavy atom.